The Morgan fingerprint density at radius 1 is 1.69 bits per heavy atom. The van der Waals surface area contributed by atoms with Crippen LogP contribution in [0.1, 0.15) is 29.8 Å². The molecule has 5 heteroatoms. The quantitative estimate of drug-likeness (QED) is 0.782. The third kappa shape index (κ3) is 2.74. The molecule has 1 aromatic rings. The Balaban J connectivity index is 2.03. The predicted octanol–water partition coefficient (Wildman–Crippen LogP) is 2.66. The van der Waals surface area contributed by atoms with Gasteiger partial charge < -0.3 is 4.74 Å². The average molecular weight is 261 g/mol. The largest absolute Gasteiger partial charge is 0.368 e. The molecule has 0 N–H and O–H groups in total. The van der Waals surface area contributed by atoms with Crippen LogP contribution in [0.4, 0.5) is 0 Å². The molecule has 1 aliphatic rings. The van der Waals surface area contributed by atoms with Gasteiger partial charge in [0, 0.05) is 30.2 Å². The molecule has 1 unspecified atom stereocenters. The van der Waals surface area contributed by atoms with E-state index in [4.69, 9.17) is 16.3 Å². The van der Waals surface area contributed by atoms with E-state index in [1.54, 1.807) is 11.3 Å². The van der Waals surface area contributed by atoms with Gasteiger partial charge in [-0.3, -0.25) is 4.90 Å². The van der Waals surface area contributed by atoms with Crippen LogP contribution in [0.5, 0.6) is 0 Å². The number of aromatic nitrogens is 1. The second-order valence-electron chi connectivity index (χ2n) is 4.25. The van der Waals surface area contributed by atoms with Gasteiger partial charge in [-0.15, -0.1) is 22.9 Å². The third-order valence-corrected chi connectivity index (χ3v) is 4.34. The minimum Gasteiger partial charge on any atom is -0.368 e. The molecule has 2 heterocycles. The molecule has 2 rings (SSSR count). The molecule has 16 heavy (non-hydrogen) atoms. The highest BCUT2D eigenvalue weighted by Gasteiger charge is 2.25. The lowest BCUT2D eigenvalue weighted by Crippen LogP contribution is -2.42. The van der Waals surface area contributed by atoms with Crippen molar-refractivity contribution in [1.29, 1.82) is 0 Å². The zero-order chi connectivity index (χ0) is 11.5. The molecular weight excluding hydrogens is 244 g/mol. The van der Waals surface area contributed by atoms with Crippen LogP contribution >= 0.6 is 22.9 Å². The fourth-order valence-electron chi connectivity index (χ4n) is 1.82. The van der Waals surface area contributed by atoms with E-state index in [-0.39, 0.29) is 6.10 Å². The lowest BCUT2D eigenvalue weighted by molar-refractivity contribution is -0.0402. The lowest BCUT2D eigenvalue weighted by Gasteiger charge is -2.34. The number of hydrogen-bond acceptors (Lipinski definition) is 4. The van der Waals surface area contributed by atoms with Crippen LogP contribution in [0.25, 0.3) is 0 Å². The Morgan fingerprint density at radius 2 is 2.50 bits per heavy atom. The van der Waals surface area contributed by atoms with E-state index >= 15 is 0 Å². The monoisotopic (exact) mass is 260 g/mol. The van der Waals surface area contributed by atoms with Gasteiger partial charge >= 0.3 is 0 Å². The Morgan fingerprint density at radius 3 is 3.12 bits per heavy atom. The van der Waals surface area contributed by atoms with E-state index in [0.29, 0.717) is 11.9 Å². The molecule has 1 aromatic heterocycles. The summed E-state index contributed by atoms with van der Waals surface area (Å²) in [7, 11) is 0. The number of alkyl halides is 1. The van der Waals surface area contributed by atoms with Crippen molar-refractivity contribution in [3.8, 4) is 0 Å². The van der Waals surface area contributed by atoms with Crippen LogP contribution in [-0.2, 0) is 10.6 Å². The van der Waals surface area contributed by atoms with Crippen LogP contribution in [0, 0.1) is 0 Å². The van der Waals surface area contributed by atoms with Crippen LogP contribution in [0.2, 0.25) is 0 Å². The Hall–Kier alpha value is -0.160. The van der Waals surface area contributed by atoms with Crippen LogP contribution in [-0.4, -0.2) is 35.6 Å². The second-order valence-corrected chi connectivity index (χ2v) is 5.66. The van der Waals surface area contributed by atoms with E-state index in [1.807, 2.05) is 6.20 Å². The van der Waals surface area contributed by atoms with Gasteiger partial charge in [0.15, 0.2) is 0 Å². The standard InChI is InChI=1S/C11H17ClN2OS/c1-8(2)14-3-4-15-10(7-14)11-13-6-9(5-12)16-11/h6,8,10H,3-5,7H2,1-2H3. The molecule has 3 nitrogen and oxygen atoms in total. The number of ether oxygens (including phenoxy) is 1. The molecule has 0 aromatic carbocycles. The van der Waals surface area contributed by atoms with Gasteiger partial charge in [-0.2, -0.15) is 0 Å². The summed E-state index contributed by atoms with van der Waals surface area (Å²) in [5, 5.41) is 1.06. The van der Waals surface area contributed by atoms with Gasteiger partial charge in [0.25, 0.3) is 0 Å². The number of halogens is 1. The number of nitrogens with zero attached hydrogens (tertiary/aromatic N) is 2. The zero-order valence-electron chi connectivity index (χ0n) is 9.65. The molecule has 1 aliphatic heterocycles. The SMILES string of the molecule is CC(C)N1CCOC(c2ncc(CCl)s2)C1. The van der Waals surface area contributed by atoms with Crippen molar-refractivity contribution in [2.75, 3.05) is 19.7 Å². The molecule has 1 atom stereocenters. The lowest BCUT2D eigenvalue weighted by atomic mass is 10.2. The molecule has 0 aliphatic carbocycles. The zero-order valence-corrected chi connectivity index (χ0v) is 11.2. The summed E-state index contributed by atoms with van der Waals surface area (Å²) in [6, 6.07) is 0.568. The van der Waals surface area contributed by atoms with Gasteiger partial charge in [-0.25, -0.2) is 4.98 Å². The van der Waals surface area contributed by atoms with Crippen molar-refractivity contribution in [1.82, 2.24) is 9.88 Å². The summed E-state index contributed by atoms with van der Waals surface area (Å²) in [4.78, 5) is 7.93. The molecule has 0 amide bonds. The molecule has 0 spiro atoms. The summed E-state index contributed by atoms with van der Waals surface area (Å²) in [6.45, 7) is 7.18. The molecule has 0 radical (unpaired) electrons. The summed E-state index contributed by atoms with van der Waals surface area (Å²) < 4.78 is 5.77. The number of rotatable bonds is 3. The first-order chi connectivity index (χ1) is 7.70. The summed E-state index contributed by atoms with van der Waals surface area (Å²) in [5.74, 6) is 0.540. The Labute approximate surface area is 105 Å². The highest BCUT2D eigenvalue weighted by atomic mass is 35.5. The maximum Gasteiger partial charge on any atom is 0.123 e. The Kier molecular flexibility index (Phi) is 4.19. The molecular formula is C11H17ClN2OS. The highest BCUT2D eigenvalue weighted by Crippen LogP contribution is 2.27. The third-order valence-electron chi connectivity index (χ3n) is 2.81. The molecule has 1 saturated heterocycles. The minimum absolute atomic E-state index is 0.123. The van der Waals surface area contributed by atoms with Crippen LogP contribution in [0.3, 0.4) is 0 Å². The van der Waals surface area contributed by atoms with Crippen LogP contribution < -0.4 is 0 Å². The molecule has 0 bridgehead atoms. The van der Waals surface area contributed by atoms with E-state index in [1.165, 1.54) is 0 Å². The summed E-state index contributed by atoms with van der Waals surface area (Å²) >= 11 is 7.44. The van der Waals surface area contributed by atoms with Gasteiger partial charge in [-0.05, 0) is 13.8 Å². The van der Waals surface area contributed by atoms with Crippen molar-refractivity contribution < 1.29 is 4.74 Å². The van der Waals surface area contributed by atoms with Gasteiger partial charge in [0.1, 0.15) is 11.1 Å². The smallest absolute Gasteiger partial charge is 0.123 e. The minimum atomic E-state index is 0.123. The van der Waals surface area contributed by atoms with Gasteiger partial charge in [-0.1, -0.05) is 0 Å². The number of hydrogen-bond donors (Lipinski definition) is 0. The first-order valence-electron chi connectivity index (χ1n) is 5.57. The van der Waals surface area contributed by atoms with Crippen LogP contribution in [0.15, 0.2) is 6.20 Å². The van der Waals surface area contributed by atoms with Crippen molar-refractivity contribution in [2.24, 2.45) is 0 Å². The van der Waals surface area contributed by atoms with Crippen molar-refractivity contribution in [2.45, 2.75) is 31.9 Å². The summed E-state index contributed by atoms with van der Waals surface area (Å²) in [6.07, 6.45) is 1.98. The topological polar surface area (TPSA) is 25.4 Å². The van der Waals surface area contributed by atoms with Crippen molar-refractivity contribution in [3.05, 3.63) is 16.1 Å². The molecule has 90 valence electrons. The second kappa shape index (κ2) is 5.45. The van der Waals surface area contributed by atoms with E-state index in [0.717, 1.165) is 29.6 Å². The fraction of sp³-hybridized carbons (Fsp3) is 0.727. The number of thiazole rings is 1. The van der Waals surface area contributed by atoms with Gasteiger partial charge in [0.2, 0.25) is 0 Å². The predicted molar refractivity (Wildman–Crippen MR) is 67.1 cm³/mol. The molecule has 1 fully saturated rings. The maximum absolute atomic E-state index is 5.78. The van der Waals surface area contributed by atoms with E-state index < -0.39 is 0 Å². The number of morpholine rings is 1. The fourth-order valence-corrected chi connectivity index (χ4v) is 2.86. The maximum atomic E-state index is 5.78. The molecule has 0 saturated carbocycles. The van der Waals surface area contributed by atoms with Crippen molar-refractivity contribution in [3.63, 3.8) is 0 Å². The van der Waals surface area contributed by atoms with Gasteiger partial charge in [0.05, 0.1) is 12.5 Å². The van der Waals surface area contributed by atoms with E-state index in [2.05, 4.69) is 23.7 Å². The van der Waals surface area contributed by atoms with Crippen molar-refractivity contribution >= 4 is 22.9 Å². The normalized spacial score (nSPS) is 22.9. The average Bonchev–Trinajstić information content (AvgIpc) is 2.77. The Bertz CT molecular complexity index is 342. The highest BCUT2D eigenvalue weighted by molar-refractivity contribution is 7.11. The first kappa shape index (κ1) is 12.3. The summed E-state index contributed by atoms with van der Waals surface area (Å²) in [5.41, 5.74) is 0. The van der Waals surface area contributed by atoms with E-state index in [9.17, 15) is 0 Å². The first-order valence-corrected chi connectivity index (χ1v) is 6.92.